The van der Waals surface area contributed by atoms with Crippen LogP contribution in [0, 0.1) is 0 Å². The van der Waals surface area contributed by atoms with Gasteiger partial charge in [0.2, 0.25) is 0 Å². The van der Waals surface area contributed by atoms with Crippen LogP contribution < -0.4 is 10.9 Å². The van der Waals surface area contributed by atoms with Crippen LogP contribution in [0.2, 0.25) is 0 Å². The largest absolute Gasteiger partial charge is 0.352 e. The molecule has 5 heteroatoms. The molecule has 0 bridgehead atoms. The summed E-state index contributed by atoms with van der Waals surface area (Å²) in [6.07, 6.45) is 2.29. The lowest BCUT2D eigenvalue weighted by molar-refractivity contribution is 0.0953. The number of amides is 1. The Morgan fingerprint density at radius 2 is 2.33 bits per heavy atom. The van der Waals surface area contributed by atoms with E-state index in [9.17, 15) is 9.59 Å². The van der Waals surface area contributed by atoms with Crippen LogP contribution in [0.5, 0.6) is 0 Å². The SMILES string of the molecule is Cn1ccc(C(=O)NCCCCl)cc1=O. The first-order valence-electron chi connectivity index (χ1n) is 4.66. The molecule has 4 nitrogen and oxygen atoms in total. The first-order chi connectivity index (χ1) is 7.15. The third-order valence-corrected chi connectivity index (χ3v) is 2.23. The Morgan fingerprint density at radius 1 is 1.60 bits per heavy atom. The maximum Gasteiger partial charge on any atom is 0.251 e. The number of carbonyl (C=O) groups is 1. The molecule has 0 saturated heterocycles. The van der Waals surface area contributed by atoms with E-state index < -0.39 is 0 Å². The van der Waals surface area contributed by atoms with Gasteiger partial charge in [0.25, 0.3) is 11.5 Å². The molecule has 0 radical (unpaired) electrons. The van der Waals surface area contributed by atoms with Gasteiger partial charge in [-0.15, -0.1) is 11.6 Å². The van der Waals surface area contributed by atoms with Gasteiger partial charge in [0.05, 0.1) is 0 Å². The highest BCUT2D eigenvalue weighted by molar-refractivity contribution is 6.17. The molecule has 15 heavy (non-hydrogen) atoms. The first kappa shape index (κ1) is 11.8. The van der Waals surface area contributed by atoms with E-state index in [1.165, 1.54) is 10.6 Å². The quantitative estimate of drug-likeness (QED) is 0.611. The van der Waals surface area contributed by atoms with Gasteiger partial charge in [-0.05, 0) is 12.5 Å². The van der Waals surface area contributed by atoms with Gasteiger partial charge in [0.15, 0.2) is 0 Å². The minimum absolute atomic E-state index is 0.194. The minimum Gasteiger partial charge on any atom is -0.352 e. The number of rotatable bonds is 4. The fourth-order valence-electron chi connectivity index (χ4n) is 1.06. The third kappa shape index (κ3) is 3.40. The molecule has 1 aromatic rings. The molecule has 1 amide bonds. The number of alkyl halides is 1. The van der Waals surface area contributed by atoms with Crippen LogP contribution in [0.3, 0.4) is 0 Å². The molecule has 0 aliphatic heterocycles. The fourth-order valence-corrected chi connectivity index (χ4v) is 1.19. The smallest absolute Gasteiger partial charge is 0.251 e. The molecule has 82 valence electrons. The molecule has 0 aromatic carbocycles. The third-order valence-electron chi connectivity index (χ3n) is 1.96. The van der Waals surface area contributed by atoms with Gasteiger partial charge in [0, 0.05) is 37.3 Å². The standard InChI is InChI=1S/C10H13ClN2O2/c1-13-6-3-8(7-9(13)14)10(15)12-5-2-4-11/h3,6-7H,2,4-5H2,1H3,(H,12,15). The van der Waals surface area contributed by atoms with Crippen molar-refractivity contribution in [3.63, 3.8) is 0 Å². The minimum atomic E-state index is -0.238. The van der Waals surface area contributed by atoms with Crippen molar-refractivity contribution in [2.24, 2.45) is 7.05 Å². The van der Waals surface area contributed by atoms with Crippen molar-refractivity contribution in [1.29, 1.82) is 0 Å². The van der Waals surface area contributed by atoms with Crippen LogP contribution in [-0.4, -0.2) is 22.9 Å². The Bertz CT molecular complexity index is 401. The molecule has 0 aliphatic rings. The van der Waals surface area contributed by atoms with Gasteiger partial charge < -0.3 is 9.88 Å². The molecule has 0 spiro atoms. The Labute approximate surface area is 92.9 Å². The van der Waals surface area contributed by atoms with Gasteiger partial charge >= 0.3 is 0 Å². The Hall–Kier alpha value is -1.29. The molecule has 1 rings (SSSR count). The van der Waals surface area contributed by atoms with Crippen molar-refractivity contribution in [3.05, 3.63) is 34.2 Å². The van der Waals surface area contributed by atoms with E-state index in [1.807, 2.05) is 0 Å². The maximum atomic E-state index is 11.5. The molecule has 1 aromatic heterocycles. The van der Waals surface area contributed by atoms with Crippen LogP contribution in [0.1, 0.15) is 16.8 Å². The molecule has 0 fully saturated rings. The van der Waals surface area contributed by atoms with E-state index in [0.717, 1.165) is 6.42 Å². The molecular weight excluding hydrogens is 216 g/mol. The summed E-state index contributed by atoms with van der Waals surface area (Å²) in [5.41, 5.74) is 0.188. The van der Waals surface area contributed by atoms with Crippen molar-refractivity contribution in [1.82, 2.24) is 9.88 Å². The van der Waals surface area contributed by atoms with Crippen LogP contribution in [0.4, 0.5) is 0 Å². The second-order valence-electron chi connectivity index (χ2n) is 3.16. The van der Waals surface area contributed by atoms with Gasteiger partial charge in [0.1, 0.15) is 0 Å². The van der Waals surface area contributed by atoms with E-state index in [4.69, 9.17) is 11.6 Å². The van der Waals surface area contributed by atoms with Crippen LogP contribution in [0.25, 0.3) is 0 Å². The molecule has 0 saturated carbocycles. The highest BCUT2D eigenvalue weighted by Crippen LogP contribution is 1.94. The summed E-state index contributed by atoms with van der Waals surface area (Å²) < 4.78 is 1.41. The number of carbonyl (C=O) groups excluding carboxylic acids is 1. The van der Waals surface area contributed by atoms with Crippen molar-refractivity contribution >= 4 is 17.5 Å². The van der Waals surface area contributed by atoms with Crippen molar-refractivity contribution < 1.29 is 4.79 Å². The highest BCUT2D eigenvalue weighted by atomic mass is 35.5. The van der Waals surface area contributed by atoms with E-state index in [2.05, 4.69) is 5.32 Å². The number of hydrogen-bond donors (Lipinski definition) is 1. The summed E-state index contributed by atoms with van der Waals surface area (Å²) in [5, 5.41) is 2.68. The average Bonchev–Trinajstić information content (AvgIpc) is 2.22. The molecule has 0 aliphatic carbocycles. The summed E-state index contributed by atoms with van der Waals surface area (Å²) in [5.74, 6) is 0.273. The van der Waals surface area contributed by atoms with Crippen molar-refractivity contribution in [3.8, 4) is 0 Å². The lowest BCUT2D eigenvalue weighted by Crippen LogP contribution is -2.27. The summed E-state index contributed by atoms with van der Waals surface area (Å²) in [6.45, 7) is 0.525. The number of nitrogens with one attached hydrogen (secondary N) is 1. The normalized spacial score (nSPS) is 10.0. The summed E-state index contributed by atoms with van der Waals surface area (Å²) in [6, 6.07) is 2.92. The summed E-state index contributed by atoms with van der Waals surface area (Å²) in [4.78, 5) is 22.7. The molecular formula is C10H13ClN2O2. The van der Waals surface area contributed by atoms with Gasteiger partial charge in [-0.3, -0.25) is 9.59 Å². The Morgan fingerprint density at radius 3 is 2.93 bits per heavy atom. The van der Waals surface area contributed by atoms with Crippen molar-refractivity contribution in [2.45, 2.75) is 6.42 Å². The van der Waals surface area contributed by atoms with Gasteiger partial charge in [-0.1, -0.05) is 0 Å². The lowest BCUT2D eigenvalue weighted by atomic mass is 10.2. The molecule has 0 unspecified atom stereocenters. The number of aromatic nitrogens is 1. The van der Waals surface area contributed by atoms with Crippen molar-refractivity contribution in [2.75, 3.05) is 12.4 Å². The zero-order valence-electron chi connectivity index (χ0n) is 8.50. The highest BCUT2D eigenvalue weighted by Gasteiger charge is 2.05. The number of halogens is 1. The average molecular weight is 229 g/mol. The lowest BCUT2D eigenvalue weighted by Gasteiger charge is -2.04. The molecule has 1 heterocycles. The second-order valence-corrected chi connectivity index (χ2v) is 3.54. The number of nitrogens with zero attached hydrogens (tertiary/aromatic N) is 1. The van der Waals surface area contributed by atoms with Crippen LogP contribution in [0.15, 0.2) is 23.1 Å². The monoisotopic (exact) mass is 228 g/mol. The second kappa shape index (κ2) is 5.56. The summed E-state index contributed by atoms with van der Waals surface area (Å²) >= 11 is 5.47. The van der Waals surface area contributed by atoms with Crippen LogP contribution in [-0.2, 0) is 7.05 Å². The predicted molar refractivity (Wildman–Crippen MR) is 59.4 cm³/mol. The zero-order valence-corrected chi connectivity index (χ0v) is 9.25. The van der Waals surface area contributed by atoms with E-state index >= 15 is 0 Å². The van der Waals surface area contributed by atoms with E-state index in [-0.39, 0.29) is 11.5 Å². The van der Waals surface area contributed by atoms with Crippen LogP contribution >= 0.6 is 11.6 Å². The van der Waals surface area contributed by atoms with E-state index in [1.54, 1.807) is 19.3 Å². The number of hydrogen-bond acceptors (Lipinski definition) is 2. The molecule has 1 N–H and O–H groups in total. The fraction of sp³-hybridized carbons (Fsp3) is 0.400. The van der Waals surface area contributed by atoms with Gasteiger partial charge in [-0.25, -0.2) is 0 Å². The predicted octanol–water partition coefficient (Wildman–Crippen LogP) is 0.744. The van der Waals surface area contributed by atoms with Gasteiger partial charge in [-0.2, -0.15) is 0 Å². The molecule has 0 atom stereocenters. The van der Waals surface area contributed by atoms with E-state index in [0.29, 0.717) is 18.0 Å². The maximum absolute atomic E-state index is 11.5. The Balaban J connectivity index is 2.66. The first-order valence-corrected chi connectivity index (χ1v) is 5.19. The number of aryl methyl sites for hydroxylation is 1. The topological polar surface area (TPSA) is 51.1 Å². The Kier molecular flexibility index (Phi) is 4.37. The zero-order chi connectivity index (χ0) is 11.3. The summed E-state index contributed by atoms with van der Waals surface area (Å²) in [7, 11) is 1.64. The number of pyridine rings is 1.